The molecule has 1 aliphatic heterocycles. The molecular weight excluding hydrogens is 277 g/mol. The summed E-state index contributed by atoms with van der Waals surface area (Å²) in [6, 6.07) is 6.91. The van der Waals surface area contributed by atoms with E-state index in [-0.39, 0.29) is 5.91 Å². The van der Waals surface area contributed by atoms with Crippen molar-refractivity contribution < 1.29 is 9.18 Å². The van der Waals surface area contributed by atoms with Gasteiger partial charge in [0.15, 0.2) is 0 Å². The van der Waals surface area contributed by atoms with Crippen LogP contribution in [0.3, 0.4) is 0 Å². The van der Waals surface area contributed by atoms with Gasteiger partial charge in [0.25, 0.3) is 0 Å². The summed E-state index contributed by atoms with van der Waals surface area (Å²) in [5.74, 6) is 0.0932. The van der Waals surface area contributed by atoms with Gasteiger partial charge in [0.2, 0.25) is 5.91 Å². The molecule has 1 amide bonds. The van der Waals surface area contributed by atoms with Crippen molar-refractivity contribution in [2.45, 2.75) is 39.3 Å². The van der Waals surface area contributed by atoms with Gasteiger partial charge in [-0.1, -0.05) is 44.5 Å². The predicted molar refractivity (Wildman–Crippen MR) is 79.5 cm³/mol. The van der Waals surface area contributed by atoms with E-state index in [1.807, 2.05) is 20.8 Å². The third-order valence-corrected chi connectivity index (χ3v) is 4.10. The van der Waals surface area contributed by atoms with Gasteiger partial charge in [-0.05, 0) is 17.7 Å². The zero-order valence-corrected chi connectivity index (χ0v) is 13.0. The number of hydrogen-bond acceptors (Lipinski definition) is 1. The molecule has 0 unspecified atom stereocenters. The van der Waals surface area contributed by atoms with Crippen LogP contribution >= 0.6 is 11.6 Å². The fourth-order valence-corrected chi connectivity index (χ4v) is 2.70. The number of hydrogen-bond donors (Lipinski definition) is 0. The van der Waals surface area contributed by atoms with Crippen LogP contribution in [0, 0.1) is 5.41 Å². The van der Waals surface area contributed by atoms with Crippen LogP contribution in [0.5, 0.6) is 0 Å². The summed E-state index contributed by atoms with van der Waals surface area (Å²) in [6.45, 7) is 6.62. The van der Waals surface area contributed by atoms with Crippen molar-refractivity contribution in [3.63, 3.8) is 0 Å². The van der Waals surface area contributed by atoms with Crippen molar-refractivity contribution in [1.29, 1.82) is 0 Å². The highest BCUT2D eigenvalue weighted by Gasteiger charge is 2.39. The smallest absolute Gasteiger partial charge is 0.227 e. The normalized spacial score (nSPS) is 18.9. The first kappa shape index (κ1) is 15.3. The lowest BCUT2D eigenvalue weighted by molar-refractivity contribution is -0.142. The van der Waals surface area contributed by atoms with E-state index in [9.17, 15) is 9.18 Å². The molecule has 0 saturated carbocycles. The minimum Gasteiger partial charge on any atom is -0.342 e. The van der Waals surface area contributed by atoms with E-state index in [0.29, 0.717) is 36.5 Å². The lowest BCUT2D eigenvalue weighted by atomic mass is 9.85. The summed E-state index contributed by atoms with van der Waals surface area (Å²) >= 11 is 5.84. The first-order valence-corrected chi connectivity index (χ1v) is 7.34. The molecule has 1 heterocycles. The van der Waals surface area contributed by atoms with Crippen molar-refractivity contribution in [2.75, 3.05) is 13.1 Å². The zero-order valence-electron chi connectivity index (χ0n) is 12.2. The van der Waals surface area contributed by atoms with Crippen LogP contribution in [-0.2, 0) is 10.5 Å². The molecule has 1 aliphatic rings. The molecule has 110 valence electrons. The van der Waals surface area contributed by atoms with Crippen LogP contribution in [0.15, 0.2) is 24.3 Å². The number of benzene rings is 1. The summed E-state index contributed by atoms with van der Waals surface area (Å²) in [5.41, 5.74) is -1.10. The zero-order chi connectivity index (χ0) is 15.0. The summed E-state index contributed by atoms with van der Waals surface area (Å²) in [5, 5.41) is 0.609. The Kier molecular flexibility index (Phi) is 4.10. The quantitative estimate of drug-likeness (QED) is 0.762. The van der Waals surface area contributed by atoms with E-state index in [2.05, 4.69) is 0 Å². The van der Waals surface area contributed by atoms with Gasteiger partial charge in [-0.15, -0.1) is 0 Å². The second-order valence-corrected chi connectivity index (χ2v) is 6.95. The third-order valence-electron chi connectivity index (χ3n) is 3.85. The molecule has 0 radical (unpaired) electrons. The fourth-order valence-electron chi connectivity index (χ4n) is 2.58. The molecule has 1 fully saturated rings. The van der Waals surface area contributed by atoms with Gasteiger partial charge in [0.1, 0.15) is 5.67 Å². The maximum Gasteiger partial charge on any atom is 0.227 e. The molecule has 4 heteroatoms. The molecule has 0 aliphatic carbocycles. The highest BCUT2D eigenvalue weighted by atomic mass is 35.5. The van der Waals surface area contributed by atoms with Gasteiger partial charge in [0, 0.05) is 36.4 Å². The van der Waals surface area contributed by atoms with E-state index in [1.165, 1.54) is 0 Å². The van der Waals surface area contributed by atoms with Crippen molar-refractivity contribution in [2.24, 2.45) is 5.41 Å². The monoisotopic (exact) mass is 297 g/mol. The molecule has 0 aromatic heterocycles. The largest absolute Gasteiger partial charge is 0.342 e. The number of halogens is 2. The van der Waals surface area contributed by atoms with Gasteiger partial charge < -0.3 is 4.90 Å². The van der Waals surface area contributed by atoms with Gasteiger partial charge in [-0.3, -0.25) is 4.79 Å². The molecule has 0 bridgehead atoms. The number of rotatable bonds is 1. The number of carbonyl (C=O) groups excluding carboxylic acids is 1. The summed E-state index contributed by atoms with van der Waals surface area (Å²) in [4.78, 5) is 14.0. The maximum atomic E-state index is 15.0. The number of piperidine rings is 1. The summed E-state index contributed by atoms with van der Waals surface area (Å²) in [6.07, 6.45) is 0.687. The molecule has 2 nitrogen and oxygen atoms in total. The molecular formula is C16H21ClFNO. The SMILES string of the molecule is CC(C)(C)C(=O)N1CCC(F)(c2ccc(Cl)cc2)CC1. The number of alkyl halides is 1. The van der Waals surface area contributed by atoms with Crippen LogP contribution in [0.25, 0.3) is 0 Å². The highest BCUT2D eigenvalue weighted by molar-refractivity contribution is 6.30. The van der Waals surface area contributed by atoms with Gasteiger partial charge in [-0.2, -0.15) is 0 Å². The summed E-state index contributed by atoms with van der Waals surface area (Å²) < 4.78 is 15.0. The average Bonchev–Trinajstić information content (AvgIpc) is 2.38. The van der Waals surface area contributed by atoms with E-state index >= 15 is 0 Å². The van der Waals surface area contributed by atoms with Crippen LogP contribution in [-0.4, -0.2) is 23.9 Å². The number of likely N-dealkylation sites (tertiary alicyclic amines) is 1. The Labute approximate surface area is 124 Å². The second-order valence-electron chi connectivity index (χ2n) is 6.51. The topological polar surface area (TPSA) is 20.3 Å². The fraction of sp³-hybridized carbons (Fsp3) is 0.562. The second kappa shape index (κ2) is 5.36. The molecule has 0 N–H and O–H groups in total. The Morgan fingerprint density at radius 3 is 2.15 bits per heavy atom. The van der Waals surface area contributed by atoms with Gasteiger partial charge in [0.05, 0.1) is 0 Å². The molecule has 20 heavy (non-hydrogen) atoms. The van der Waals surface area contributed by atoms with Crippen molar-refractivity contribution in [3.8, 4) is 0 Å². The Bertz CT molecular complexity index is 484. The number of nitrogens with zero attached hydrogens (tertiary/aromatic N) is 1. The number of amides is 1. The molecule has 2 rings (SSSR count). The first-order valence-electron chi connectivity index (χ1n) is 6.97. The van der Waals surface area contributed by atoms with E-state index < -0.39 is 11.1 Å². The molecule has 1 aromatic carbocycles. The Balaban J connectivity index is 2.07. The van der Waals surface area contributed by atoms with Crippen LogP contribution < -0.4 is 0 Å². The van der Waals surface area contributed by atoms with E-state index in [0.717, 1.165) is 0 Å². The lowest BCUT2D eigenvalue weighted by Crippen LogP contribution is -2.47. The summed E-state index contributed by atoms with van der Waals surface area (Å²) in [7, 11) is 0. The van der Waals surface area contributed by atoms with Crippen LogP contribution in [0.2, 0.25) is 5.02 Å². The molecule has 1 aromatic rings. The standard InChI is InChI=1S/C16H21ClFNO/c1-15(2,3)14(20)19-10-8-16(18,9-11-19)12-4-6-13(17)7-5-12/h4-7H,8-11H2,1-3H3. The third kappa shape index (κ3) is 3.14. The molecule has 1 saturated heterocycles. The van der Waals surface area contributed by atoms with E-state index in [1.54, 1.807) is 29.2 Å². The lowest BCUT2D eigenvalue weighted by Gasteiger charge is -2.39. The van der Waals surface area contributed by atoms with Gasteiger partial charge in [-0.25, -0.2) is 4.39 Å². The Hall–Kier alpha value is -1.09. The Morgan fingerprint density at radius 1 is 1.20 bits per heavy atom. The van der Waals surface area contributed by atoms with Crippen LogP contribution in [0.1, 0.15) is 39.2 Å². The Morgan fingerprint density at radius 2 is 1.70 bits per heavy atom. The first-order chi connectivity index (χ1) is 9.22. The minimum absolute atomic E-state index is 0.0932. The predicted octanol–water partition coefficient (Wildman–Crippen LogP) is 4.17. The minimum atomic E-state index is -1.35. The van der Waals surface area contributed by atoms with Gasteiger partial charge >= 0.3 is 0 Å². The molecule has 0 atom stereocenters. The molecule has 0 spiro atoms. The average molecular weight is 298 g/mol. The maximum absolute atomic E-state index is 15.0. The van der Waals surface area contributed by atoms with E-state index in [4.69, 9.17) is 11.6 Å². The van der Waals surface area contributed by atoms with Crippen LogP contribution in [0.4, 0.5) is 4.39 Å². The van der Waals surface area contributed by atoms with Crippen molar-refractivity contribution in [1.82, 2.24) is 4.90 Å². The number of carbonyl (C=O) groups is 1. The van der Waals surface area contributed by atoms with Crippen molar-refractivity contribution >= 4 is 17.5 Å². The van der Waals surface area contributed by atoms with Crippen molar-refractivity contribution in [3.05, 3.63) is 34.9 Å². The highest BCUT2D eigenvalue weighted by Crippen LogP contribution is 2.38.